The second-order valence-corrected chi connectivity index (χ2v) is 4.98. The van der Waals surface area contributed by atoms with Gasteiger partial charge >= 0.3 is 0 Å². The Hall–Kier alpha value is -2.68. The van der Waals surface area contributed by atoms with Gasteiger partial charge in [-0.15, -0.1) is 0 Å². The van der Waals surface area contributed by atoms with E-state index in [9.17, 15) is 19.5 Å². The molecule has 0 bridgehead atoms. The summed E-state index contributed by atoms with van der Waals surface area (Å²) < 4.78 is 0. The van der Waals surface area contributed by atoms with Crippen LogP contribution in [0, 0.1) is 0 Å². The number of carbonyl (C=O) groups is 3. The molecule has 0 aromatic carbocycles. The van der Waals surface area contributed by atoms with Gasteiger partial charge in [-0.2, -0.15) is 0 Å². The third kappa shape index (κ3) is 2.46. The van der Waals surface area contributed by atoms with Crippen LogP contribution in [0.1, 0.15) is 10.5 Å². The molecule has 0 fully saturated rings. The first kappa shape index (κ1) is 15.7. The van der Waals surface area contributed by atoms with E-state index in [0.717, 1.165) is 11.2 Å². The van der Waals surface area contributed by atoms with E-state index in [1.54, 1.807) is 0 Å². The fraction of sp³-hybridized carbons (Fsp3) is 0.250. The minimum atomic E-state index is -0.674. The van der Waals surface area contributed by atoms with E-state index in [2.05, 4.69) is 15.3 Å². The van der Waals surface area contributed by atoms with Gasteiger partial charge in [0.2, 0.25) is 0 Å². The summed E-state index contributed by atoms with van der Waals surface area (Å²) in [5, 5.41) is 12.2. The Balaban J connectivity index is 2.40. The summed E-state index contributed by atoms with van der Waals surface area (Å²) in [4.78, 5) is 44.8. The second-order valence-electron chi connectivity index (χ2n) is 4.60. The molecule has 10 heteroatoms. The van der Waals surface area contributed by atoms with E-state index < -0.39 is 23.5 Å². The molecule has 9 nitrogen and oxygen atoms in total. The Morgan fingerprint density at radius 1 is 1.32 bits per heavy atom. The Bertz CT molecular complexity index is 715. The minimum absolute atomic E-state index is 0.204. The SMILES string of the molecule is CN(C)C(=O)c1ncnc(NC2=C(Cl)C(=O)N(C)C2=O)c1O. The number of likely N-dealkylation sites (N-methyl/N-ethyl adjacent to an activating group) is 1. The topological polar surface area (TPSA) is 116 Å². The summed E-state index contributed by atoms with van der Waals surface area (Å²) in [7, 11) is 4.25. The summed E-state index contributed by atoms with van der Waals surface area (Å²) in [5.41, 5.74) is -0.476. The molecule has 2 heterocycles. The number of aromatic hydroxyl groups is 1. The molecule has 1 aromatic rings. The number of halogens is 1. The lowest BCUT2D eigenvalue weighted by atomic mass is 10.3. The van der Waals surface area contributed by atoms with Crippen molar-refractivity contribution < 1.29 is 19.5 Å². The van der Waals surface area contributed by atoms with Crippen LogP contribution in [-0.2, 0) is 9.59 Å². The van der Waals surface area contributed by atoms with Gasteiger partial charge in [0, 0.05) is 21.1 Å². The fourth-order valence-corrected chi connectivity index (χ4v) is 1.93. The van der Waals surface area contributed by atoms with E-state index >= 15 is 0 Å². The maximum atomic E-state index is 11.9. The lowest BCUT2D eigenvalue weighted by Gasteiger charge is -2.13. The van der Waals surface area contributed by atoms with Crippen molar-refractivity contribution in [1.29, 1.82) is 0 Å². The molecule has 2 rings (SSSR count). The van der Waals surface area contributed by atoms with Gasteiger partial charge in [0.15, 0.2) is 17.3 Å². The molecule has 0 spiro atoms. The molecule has 1 aliphatic heterocycles. The normalized spacial score (nSPS) is 14.6. The van der Waals surface area contributed by atoms with E-state index in [4.69, 9.17) is 11.6 Å². The number of hydrogen-bond acceptors (Lipinski definition) is 7. The van der Waals surface area contributed by atoms with Gasteiger partial charge in [-0.3, -0.25) is 19.3 Å². The summed E-state index contributed by atoms with van der Waals surface area (Å²) in [5.74, 6) is -2.65. The highest BCUT2D eigenvalue weighted by molar-refractivity contribution is 6.48. The number of carbonyl (C=O) groups excluding carboxylic acids is 3. The molecule has 0 radical (unpaired) electrons. The van der Waals surface area contributed by atoms with Crippen LogP contribution in [0.3, 0.4) is 0 Å². The number of hydrogen-bond donors (Lipinski definition) is 2. The smallest absolute Gasteiger partial charge is 0.278 e. The molecule has 3 amide bonds. The van der Waals surface area contributed by atoms with Gasteiger partial charge in [0.1, 0.15) is 17.1 Å². The molecule has 0 saturated carbocycles. The average molecular weight is 326 g/mol. The second kappa shape index (κ2) is 5.60. The average Bonchev–Trinajstić information content (AvgIpc) is 2.66. The molecule has 1 aliphatic rings. The van der Waals surface area contributed by atoms with Gasteiger partial charge in [-0.25, -0.2) is 9.97 Å². The minimum Gasteiger partial charge on any atom is -0.503 e. The van der Waals surface area contributed by atoms with Crippen LogP contribution in [0.4, 0.5) is 5.82 Å². The predicted molar refractivity (Wildman–Crippen MR) is 76.0 cm³/mol. The van der Waals surface area contributed by atoms with Crippen LogP contribution in [0.2, 0.25) is 0 Å². The molecule has 0 atom stereocenters. The summed E-state index contributed by atoms with van der Waals surface area (Å²) >= 11 is 5.78. The van der Waals surface area contributed by atoms with Crippen molar-refractivity contribution in [3.8, 4) is 5.75 Å². The fourth-order valence-electron chi connectivity index (χ4n) is 1.67. The van der Waals surface area contributed by atoms with Crippen molar-refractivity contribution in [3.05, 3.63) is 22.8 Å². The first-order chi connectivity index (χ1) is 10.3. The van der Waals surface area contributed by atoms with Crippen molar-refractivity contribution >= 4 is 35.1 Å². The summed E-state index contributed by atoms with van der Waals surface area (Å²) in [6.07, 6.45) is 1.04. The van der Waals surface area contributed by atoms with Gasteiger partial charge in [0.05, 0.1) is 0 Å². The highest BCUT2D eigenvalue weighted by Gasteiger charge is 2.36. The lowest BCUT2D eigenvalue weighted by molar-refractivity contribution is -0.135. The van der Waals surface area contributed by atoms with Crippen LogP contribution < -0.4 is 5.32 Å². The number of imide groups is 1. The molecule has 0 aliphatic carbocycles. The Morgan fingerprint density at radius 3 is 2.45 bits per heavy atom. The molecule has 0 unspecified atom stereocenters. The molecule has 22 heavy (non-hydrogen) atoms. The van der Waals surface area contributed by atoms with Gasteiger partial charge in [-0.1, -0.05) is 11.6 Å². The van der Waals surface area contributed by atoms with Crippen LogP contribution in [0.25, 0.3) is 0 Å². The molecular weight excluding hydrogens is 314 g/mol. The highest BCUT2D eigenvalue weighted by atomic mass is 35.5. The maximum Gasteiger partial charge on any atom is 0.278 e. The number of anilines is 1. The molecule has 1 aromatic heterocycles. The van der Waals surface area contributed by atoms with Crippen LogP contribution >= 0.6 is 11.6 Å². The van der Waals surface area contributed by atoms with E-state index in [1.807, 2.05) is 0 Å². The summed E-state index contributed by atoms with van der Waals surface area (Å²) in [6, 6.07) is 0. The monoisotopic (exact) mass is 325 g/mol. The lowest BCUT2D eigenvalue weighted by Crippen LogP contribution is -2.28. The van der Waals surface area contributed by atoms with Crippen molar-refractivity contribution in [1.82, 2.24) is 19.8 Å². The predicted octanol–water partition coefficient (Wildman–Crippen LogP) is -0.255. The Morgan fingerprint density at radius 2 is 1.95 bits per heavy atom. The molecular formula is C12H12ClN5O4. The standard InChI is InChI=1S/C12H12ClN5O4/c1-17(2)11(21)7-8(19)9(15-4-14-7)16-6-5(13)10(20)18(3)12(6)22/h4,19H,1-3H3,(H,14,15,16). The number of nitrogens with zero attached hydrogens (tertiary/aromatic N) is 4. The summed E-state index contributed by atoms with van der Waals surface area (Å²) in [6.45, 7) is 0. The van der Waals surface area contributed by atoms with E-state index in [1.165, 1.54) is 26.0 Å². The van der Waals surface area contributed by atoms with Gasteiger partial charge in [-0.05, 0) is 0 Å². The van der Waals surface area contributed by atoms with Gasteiger partial charge in [0.25, 0.3) is 17.7 Å². The Labute approximate surface area is 130 Å². The number of aromatic nitrogens is 2. The van der Waals surface area contributed by atoms with Crippen molar-refractivity contribution in [3.63, 3.8) is 0 Å². The zero-order valence-corrected chi connectivity index (χ0v) is 12.7. The third-order valence-corrected chi connectivity index (χ3v) is 3.26. The third-order valence-electron chi connectivity index (χ3n) is 2.90. The molecule has 0 saturated heterocycles. The van der Waals surface area contributed by atoms with Crippen LogP contribution in [0.5, 0.6) is 5.75 Å². The number of amides is 3. The van der Waals surface area contributed by atoms with Crippen LogP contribution in [-0.4, -0.2) is 63.7 Å². The first-order valence-corrected chi connectivity index (χ1v) is 6.38. The number of rotatable bonds is 3. The molecule has 116 valence electrons. The molecule has 2 N–H and O–H groups in total. The van der Waals surface area contributed by atoms with E-state index in [0.29, 0.717) is 0 Å². The van der Waals surface area contributed by atoms with Crippen molar-refractivity contribution in [2.45, 2.75) is 0 Å². The van der Waals surface area contributed by atoms with Crippen molar-refractivity contribution in [2.24, 2.45) is 0 Å². The quantitative estimate of drug-likeness (QED) is 0.736. The zero-order chi connectivity index (χ0) is 16.6. The Kier molecular flexibility index (Phi) is 4.00. The largest absolute Gasteiger partial charge is 0.503 e. The zero-order valence-electron chi connectivity index (χ0n) is 11.9. The maximum absolute atomic E-state index is 11.9. The van der Waals surface area contributed by atoms with E-state index in [-0.39, 0.29) is 22.2 Å². The highest BCUT2D eigenvalue weighted by Crippen LogP contribution is 2.29. The first-order valence-electron chi connectivity index (χ1n) is 6.00. The van der Waals surface area contributed by atoms with Crippen LogP contribution in [0.15, 0.2) is 17.1 Å². The number of nitrogens with one attached hydrogen (secondary N) is 1. The van der Waals surface area contributed by atoms with Crippen molar-refractivity contribution in [2.75, 3.05) is 26.5 Å². The van der Waals surface area contributed by atoms with Gasteiger partial charge < -0.3 is 15.3 Å².